The monoisotopic (exact) mass is 258 g/mol. The lowest BCUT2D eigenvalue weighted by Crippen LogP contribution is -2.33. The standard InChI is InChI=1S/C17H22O2/c18-11-2-4-12-10(9-11)1-3-14-13(12)5-6-16-15(14)7-8-17(16)19/h9,14-17,19H,1-8H2/t14-,15+,16+,17+/m1/s1. The lowest BCUT2D eigenvalue weighted by molar-refractivity contribution is -0.114. The van der Waals surface area contributed by atoms with Crippen LogP contribution in [0.5, 0.6) is 0 Å². The lowest BCUT2D eigenvalue weighted by Gasteiger charge is -2.42. The molecule has 2 nitrogen and oxygen atoms in total. The van der Waals surface area contributed by atoms with Gasteiger partial charge in [0.15, 0.2) is 5.78 Å². The van der Waals surface area contributed by atoms with Gasteiger partial charge in [-0.25, -0.2) is 0 Å². The van der Waals surface area contributed by atoms with Gasteiger partial charge in [-0.2, -0.15) is 0 Å². The Bertz CT molecular complexity index is 485. The Morgan fingerprint density at radius 1 is 0.947 bits per heavy atom. The molecule has 4 atom stereocenters. The minimum atomic E-state index is -0.0403. The number of carbonyl (C=O) groups is 1. The molecule has 0 unspecified atom stereocenters. The van der Waals surface area contributed by atoms with Crippen LogP contribution >= 0.6 is 0 Å². The minimum Gasteiger partial charge on any atom is -0.393 e. The third kappa shape index (κ3) is 1.76. The fourth-order valence-electron chi connectivity index (χ4n) is 5.17. The van der Waals surface area contributed by atoms with E-state index in [0.717, 1.165) is 31.1 Å². The molecule has 1 N–H and O–H groups in total. The van der Waals surface area contributed by atoms with Crippen LogP contribution in [0.1, 0.15) is 51.4 Å². The van der Waals surface area contributed by atoms with Gasteiger partial charge in [-0.3, -0.25) is 4.79 Å². The Hall–Kier alpha value is -0.890. The van der Waals surface area contributed by atoms with Gasteiger partial charge in [-0.05, 0) is 79.9 Å². The highest BCUT2D eigenvalue weighted by atomic mass is 16.3. The molecule has 0 heterocycles. The van der Waals surface area contributed by atoms with Crippen LogP contribution in [-0.4, -0.2) is 17.0 Å². The maximum absolute atomic E-state index is 11.6. The van der Waals surface area contributed by atoms with E-state index in [2.05, 4.69) is 0 Å². The molecule has 102 valence electrons. The number of carbonyl (C=O) groups excluding carboxylic acids is 1. The summed E-state index contributed by atoms with van der Waals surface area (Å²) < 4.78 is 0. The molecule has 0 aliphatic heterocycles. The first-order valence-electron chi connectivity index (χ1n) is 7.88. The van der Waals surface area contributed by atoms with Crippen molar-refractivity contribution in [3.8, 4) is 0 Å². The molecule has 0 aromatic heterocycles. The summed E-state index contributed by atoms with van der Waals surface area (Å²) in [4.78, 5) is 11.6. The number of hydrogen-bond donors (Lipinski definition) is 1. The quantitative estimate of drug-likeness (QED) is 0.724. The van der Waals surface area contributed by atoms with E-state index in [-0.39, 0.29) is 6.10 Å². The summed E-state index contributed by atoms with van der Waals surface area (Å²) >= 11 is 0. The summed E-state index contributed by atoms with van der Waals surface area (Å²) in [6, 6.07) is 0. The van der Waals surface area contributed by atoms with Crippen molar-refractivity contribution in [1.82, 2.24) is 0 Å². The molecule has 0 aromatic carbocycles. The van der Waals surface area contributed by atoms with Gasteiger partial charge in [-0.15, -0.1) is 0 Å². The maximum atomic E-state index is 11.6. The Morgan fingerprint density at radius 2 is 1.84 bits per heavy atom. The van der Waals surface area contributed by atoms with Gasteiger partial charge in [0.2, 0.25) is 0 Å². The van der Waals surface area contributed by atoms with Crippen LogP contribution in [0, 0.1) is 17.8 Å². The Labute approximate surface area is 114 Å². The minimum absolute atomic E-state index is 0.0403. The van der Waals surface area contributed by atoms with Crippen molar-refractivity contribution in [2.75, 3.05) is 0 Å². The smallest absolute Gasteiger partial charge is 0.156 e. The fraction of sp³-hybridized carbons (Fsp3) is 0.706. The van der Waals surface area contributed by atoms with Gasteiger partial charge in [-0.1, -0.05) is 5.57 Å². The summed E-state index contributed by atoms with van der Waals surface area (Å²) in [5.41, 5.74) is 4.55. The zero-order chi connectivity index (χ0) is 13.0. The maximum Gasteiger partial charge on any atom is 0.156 e. The van der Waals surface area contributed by atoms with E-state index in [1.165, 1.54) is 36.8 Å². The summed E-state index contributed by atoms with van der Waals surface area (Å²) in [5, 5.41) is 10.1. The average molecular weight is 258 g/mol. The van der Waals surface area contributed by atoms with Crippen LogP contribution < -0.4 is 0 Å². The highest BCUT2D eigenvalue weighted by Gasteiger charge is 2.45. The molecular weight excluding hydrogens is 236 g/mol. The molecule has 0 saturated heterocycles. The number of aliphatic hydroxyl groups is 1. The molecule has 0 radical (unpaired) electrons. The van der Waals surface area contributed by atoms with E-state index >= 15 is 0 Å². The number of fused-ring (bicyclic) bond motifs is 4. The van der Waals surface area contributed by atoms with Crippen molar-refractivity contribution >= 4 is 5.78 Å². The number of hydrogen-bond acceptors (Lipinski definition) is 2. The van der Waals surface area contributed by atoms with Gasteiger partial charge in [0.1, 0.15) is 0 Å². The van der Waals surface area contributed by atoms with E-state index in [1.807, 2.05) is 6.08 Å². The number of ketones is 1. The van der Waals surface area contributed by atoms with Crippen LogP contribution in [0.25, 0.3) is 0 Å². The van der Waals surface area contributed by atoms with E-state index in [0.29, 0.717) is 18.1 Å². The molecule has 19 heavy (non-hydrogen) atoms. The second-order valence-corrected chi connectivity index (χ2v) is 6.80. The zero-order valence-electron chi connectivity index (χ0n) is 11.4. The van der Waals surface area contributed by atoms with Crippen LogP contribution in [0.2, 0.25) is 0 Å². The molecule has 4 aliphatic rings. The van der Waals surface area contributed by atoms with Gasteiger partial charge in [0.25, 0.3) is 0 Å². The summed E-state index contributed by atoms with van der Waals surface area (Å²) in [7, 11) is 0. The summed E-state index contributed by atoms with van der Waals surface area (Å²) in [6.45, 7) is 0. The third-order valence-electron chi connectivity index (χ3n) is 6.01. The van der Waals surface area contributed by atoms with E-state index in [4.69, 9.17) is 0 Å². The first-order valence-corrected chi connectivity index (χ1v) is 7.88. The Balaban J connectivity index is 1.71. The van der Waals surface area contributed by atoms with Crippen molar-refractivity contribution in [3.63, 3.8) is 0 Å². The average Bonchev–Trinajstić information content (AvgIpc) is 2.80. The van der Waals surface area contributed by atoms with Crippen LogP contribution in [0.3, 0.4) is 0 Å². The molecule has 4 aliphatic carbocycles. The SMILES string of the molecule is O=C1C=C2CC[C@@H]3C(=C2CC1)CC[C@H]1[C@H]3CC[C@@H]1O. The molecule has 0 bridgehead atoms. The van der Waals surface area contributed by atoms with Crippen LogP contribution in [0.15, 0.2) is 22.8 Å². The third-order valence-corrected chi connectivity index (χ3v) is 6.01. The molecule has 0 spiro atoms. The molecule has 0 amide bonds. The topological polar surface area (TPSA) is 37.3 Å². The summed E-state index contributed by atoms with van der Waals surface area (Å²) in [6.07, 6.45) is 10.4. The van der Waals surface area contributed by atoms with E-state index in [1.54, 1.807) is 5.57 Å². The van der Waals surface area contributed by atoms with Gasteiger partial charge >= 0.3 is 0 Å². The Morgan fingerprint density at radius 3 is 2.74 bits per heavy atom. The fourth-order valence-corrected chi connectivity index (χ4v) is 5.17. The van der Waals surface area contributed by atoms with Gasteiger partial charge in [0, 0.05) is 6.42 Å². The largest absolute Gasteiger partial charge is 0.393 e. The molecule has 0 aromatic rings. The highest BCUT2D eigenvalue weighted by Crippen LogP contribution is 2.54. The first kappa shape index (κ1) is 11.9. The number of rotatable bonds is 0. The van der Waals surface area contributed by atoms with Crippen molar-refractivity contribution < 1.29 is 9.90 Å². The van der Waals surface area contributed by atoms with Crippen molar-refractivity contribution in [2.45, 2.75) is 57.5 Å². The van der Waals surface area contributed by atoms with Crippen molar-refractivity contribution in [3.05, 3.63) is 22.8 Å². The molecule has 4 rings (SSSR count). The molecular formula is C17H22O2. The van der Waals surface area contributed by atoms with Gasteiger partial charge < -0.3 is 5.11 Å². The second-order valence-electron chi connectivity index (χ2n) is 6.80. The van der Waals surface area contributed by atoms with Crippen molar-refractivity contribution in [1.29, 1.82) is 0 Å². The first-order chi connectivity index (χ1) is 9.24. The predicted octanol–water partition coefficient (Wildman–Crippen LogP) is 3.16. The molecule has 2 fully saturated rings. The molecule has 2 saturated carbocycles. The number of aliphatic hydroxyl groups excluding tert-OH is 1. The van der Waals surface area contributed by atoms with E-state index in [9.17, 15) is 9.90 Å². The van der Waals surface area contributed by atoms with Crippen LogP contribution in [-0.2, 0) is 4.79 Å². The van der Waals surface area contributed by atoms with Gasteiger partial charge in [0.05, 0.1) is 6.10 Å². The number of allylic oxidation sites excluding steroid dienone is 4. The Kier molecular flexibility index (Phi) is 2.70. The molecule has 2 heteroatoms. The highest BCUT2D eigenvalue weighted by molar-refractivity contribution is 5.93. The zero-order valence-corrected chi connectivity index (χ0v) is 11.4. The predicted molar refractivity (Wildman–Crippen MR) is 73.5 cm³/mol. The second kappa shape index (κ2) is 4.31. The van der Waals surface area contributed by atoms with E-state index < -0.39 is 0 Å². The van der Waals surface area contributed by atoms with Crippen molar-refractivity contribution in [2.24, 2.45) is 17.8 Å². The lowest BCUT2D eigenvalue weighted by atomic mass is 9.63. The van der Waals surface area contributed by atoms with Crippen LogP contribution in [0.4, 0.5) is 0 Å². The summed E-state index contributed by atoms with van der Waals surface area (Å²) in [5.74, 6) is 2.33. The normalized spacial score (nSPS) is 41.5.